The van der Waals surface area contributed by atoms with Gasteiger partial charge in [0.05, 0.1) is 18.2 Å². The molecular weight excluding hydrogens is 446 g/mol. The van der Waals surface area contributed by atoms with Crippen molar-refractivity contribution in [3.63, 3.8) is 0 Å². The highest BCUT2D eigenvalue weighted by atomic mass is 16.5. The van der Waals surface area contributed by atoms with Crippen LogP contribution in [0.1, 0.15) is 66.3 Å². The van der Waals surface area contributed by atoms with Gasteiger partial charge in [-0.2, -0.15) is 0 Å². The Labute approximate surface area is 206 Å². The molecule has 1 aliphatic rings. The van der Waals surface area contributed by atoms with Crippen molar-refractivity contribution in [2.75, 3.05) is 13.7 Å². The summed E-state index contributed by atoms with van der Waals surface area (Å²) >= 11 is 0. The van der Waals surface area contributed by atoms with Crippen LogP contribution >= 0.6 is 0 Å². The predicted molar refractivity (Wildman–Crippen MR) is 132 cm³/mol. The number of rotatable bonds is 11. The lowest BCUT2D eigenvalue weighted by Gasteiger charge is -2.30. The maximum Gasteiger partial charge on any atom is 0.261 e. The fraction of sp³-hybridized carbons (Fsp3) is 0.407. The highest BCUT2D eigenvalue weighted by Gasteiger charge is 2.35. The Hall–Kier alpha value is -3.68. The van der Waals surface area contributed by atoms with E-state index in [1.54, 1.807) is 38.3 Å². The van der Waals surface area contributed by atoms with Crippen molar-refractivity contribution in [1.29, 1.82) is 0 Å². The summed E-state index contributed by atoms with van der Waals surface area (Å²) in [6.07, 6.45) is 1.18. The Bertz CT molecular complexity index is 1060. The summed E-state index contributed by atoms with van der Waals surface area (Å²) in [6, 6.07) is 13.4. The third-order valence-electron chi connectivity index (χ3n) is 6.31. The Morgan fingerprint density at radius 2 is 1.69 bits per heavy atom. The van der Waals surface area contributed by atoms with Crippen molar-refractivity contribution in [1.82, 2.24) is 15.1 Å². The Balaban J connectivity index is 1.69. The van der Waals surface area contributed by atoms with Crippen LogP contribution in [0.3, 0.4) is 0 Å². The molecule has 3 rings (SSSR count). The molecule has 0 aromatic heterocycles. The Morgan fingerprint density at radius 3 is 2.29 bits per heavy atom. The second kappa shape index (κ2) is 11.6. The number of ether oxygens (including phenoxy) is 1. The Kier molecular flexibility index (Phi) is 8.63. The summed E-state index contributed by atoms with van der Waals surface area (Å²) in [5.41, 5.74) is 1.61. The first-order valence-electron chi connectivity index (χ1n) is 11.9. The summed E-state index contributed by atoms with van der Waals surface area (Å²) in [7, 11) is 1.57. The van der Waals surface area contributed by atoms with Gasteiger partial charge in [0.15, 0.2) is 0 Å². The highest BCUT2D eigenvalue weighted by molar-refractivity contribution is 6.21. The minimum absolute atomic E-state index is 0.00690. The molecule has 0 radical (unpaired) electrons. The molecule has 0 saturated carbocycles. The van der Waals surface area contributed by atoms with Crippen LogP contribution in [0, 0.1) is 0 Å². The number of imide groups is 1. The maximum atomic E-state index is 13.3. The van der Waals surface area contributed by atoms with Gasteiger partial charge < -0.3 is 15.0 Å². The molecule has 2 atom stereocenters. The molecule has 0 saturated heterocycles. The predicted octanol–water partition coefficient (Wildman–Crippen LogP) is 3.40. The molecule has 8 nitrogen and oxygen atoms in total. The van der Waals surface area contributed by atoms with Crippen LogP contribution in [0.25, 0.3) is 0 Å². The number of hydrogen-bond acceptors (Lipinski definition) is 5. The molecule has 186 valence electrons. The molecule has 1 aliphatic heterocycles. The van der Waals surface area contributed by atoms with E-state index in [1.165, 1.54) is 9.80 Å². The van der Waals surface area contributed by atoms with E-state index in [0.29, 0.717) is 23.3 Å². The molecule has 2 aromatic rings. The van der Waals surface area contributed by atoms with Gasteiger partial charge in [0, 0.05) is 25.6 Å². The number of benzene rings is 2. The van der Waals surface area contributed by atoms with Crippen LogP contribution in [0.2, 0.25) is 0 Å². The van der Waals surface area contributed by atoms with Crippen molar-refractivity contribution in [3.8, 4) is 5.75 Å². The van der Waals surface area contributed by atoms with E-state index in [9.17, 15) is 19.2 Å². The first-order valence-corrected chi connectivity index (χ1v) is 11.9. The number of nitrogens with one attached hydrogen (secondary N) is 1. The lowest BCUT2D eigenvalue weighted by Crippen LogP contribution is -2.49. The van der Waals surface area contributed by atoms with Crippen LogP contribution in [-0.4, -0.2) is 59.2 Å². The molecule has 35 heavy (non-hydrogen) atoms. The summed E-state index contributed by atoms with van der Waals surface area (Å²) in [5, 5.41) is 2.94. The summed E-state index contributed by atoms with van der Waals surface area (Å²) in [4.78, 5) is 54.0. The summed E-state index contributed by atoms with van der Waals surface area (Å²) in [5.74, 6) is -0.468. The molecule has 1 heterocycles. The molecule has 0 unspecified atom stereocenters. The largest absolute Gasteiger partial charge is 0.497 e. The van der Waals surface area contributed by atoms with Crippen LogP contribution in [0.5, 0.6) is 5.75 Å². The molecule has 0 aliphatic carbocycles. The number of methoxy groups -OCH3 is 1. The Morgan fingerprint density at radius 1 is 1.03 bits per heavy atom. The van der Waals surface area contributed by atoms with Crippen LogP contribution in [0.15, 0.2) is 48.5 Å². The molecule has 8 heteroatoms. The van der Waals surface area contributed by atoms with Crippen molar-refractivity contribution in [2.45, 2.75) is 58.7 Å². The quantitative estimate of drug-likeness (QED) is 0.499. The lowest BCUT2D eigenvalue weighted by atomic mass is 10.1. The van der Waals surface area contributed by atoms with Gasteiger partial charge in [-0.1, -0.05) is 31.2 Å². The molecular formula is C27H33N3O5. The van der Waals surface area contributed by atoms with Crippen molar-refractivity contribution < 1.29 is 23.9 Å². The number of amides is 4. The van der Waals surface area contributed by atoms with E-state index in [0.717, 1.165) is 12.0 Å². The van der Waals surface area contributed by atoms with E-state index < -0.39 is 6.04 Å². The monoisotopic (exact) mass is 479 g/mol. The fourth-order valence-corrected chi connectivity index (χ4v) is 3.99. The van der Waals surface area contributed by atoms with Gasteiger partial charge in [-0.3, -0.25) is 24.1 Å². The fourth-order valence-electron chi connectivity index (χ4n) is 3.99. The zero-order valence-corrected chi connectivity index (χ0v) is 20.7. The number of nitrogens with zero attached hydrogens (tertiary/aromatic N) is 2. The number of hydrogen-bond donors (Lipinski definition) is 1. The van der Waals surface area contributed by atoms with Gasteiger partial charge in [0.2, 0.25) is 11.8 Å². The zero-order chi connectivity index (χ0) is 25.5. The van der Waals surface area contributed by atoms with Crippen molar-refractivity contribution >= 4 is 23.6 Å². The highest BCUT2D eigenvalue weighted by Crippen LogP contribution is 2.23. The third kappa shape index (κ3) is 6.07. The first-order chi connectivity index (χ1) is 16.8. The average Bonchev–Trinajstić information content (AvgIpc) is 3.11. The van der Waals surface area contributed by atoms with Crippen molar-refractivity contribution in [3.05, 3.63) is 65.2 Å². The zero-order valence-electron chi connectivity index (χ0n) is 20.7. The topological polar surface area (TPSA) is 96.0 Å². The molecule has 2 aromatic carbocycles. The SMILES string of the molecule is CC[C@@H](C)NC(=O)[C@@H](C)N(Cc1cccc(OC)c1)C(=O)CCCN1C(=O)c2ccccc2C1=O. The normalized spacial score (nSPS) is 14.3. The molecule has 0 spiro atoms. The summed E-state index contributed by atoms with van der Waals surface area (Å²) < 4.78 is 5.29. The van der Waals surface area contributed by atoms with Crippen LogP contribution in [0.4, 0.5) is 0 Å². The minimum Gasteiger partial charge on any atom is -0.497 e. The maximum absolute atomic E-state index is 13.3. The van der Waals surface area contributed by atoms with Gasteiger partial charge in [0.25, 0.3) is 11.8 Å². The van der Waals surface area contributed by atoms with E-state index in [2.05, 4.69) is 5.32 Å². The van der Waals surface area contributed by atoms with E-state index >= 15 is 0 Å². The summed E-state index contributed by atoms with van der Waals surface area (Å²) in [6.45, 7) is 5.98. The van der Waals surface area contributed by atoms with Gasteiger partial charge >= 0.3 is 0 Å². The number of fused-ring (bicyclic) bond motifs is 1. The molecule has 0 bridgehead atoms. The van der Waals surface area contributed by atoms with E-state index in [-0.39, 0.29) is 49.2 Å². The van der Waals surface area contributed by atoms with E-state index in [1.807, 2.05) is 38.1 Å². The first kappa shape index (κ1) is 25.9. The third-order valence-corrected chi connectivity index (χ3v) is 6.31. The number of carbonyl (C=O) groups is 4. The van der Waals surface area contributed by atoms with Gasteiger partial charge in [-0.15, -0.1) is 0 Å². The minimum atomic E-state index is -0.693. The van der Waals surface area contributed by atoms with Crippen LogP contribution < -0.4 is 10.1 Å². The second-order valence-electron chi connectivity index (χ2n) is 8.78. The van der Waals surface area contributed by atoms with Gasteiger partial charge in [-0.25, -0.2) is 0 Å². The smallest absolute Gasteiger partial charge is 0.261 e. The average molecular weight is 480 g/mol. The van der Waals surface area contributed by atoms with Crippen LogP contribution in [-0.2, 0) is 16.1 Å². The molecule has 0 fully saturated rings. The van der Waals surface area contributed by atoms with Gasteiger partial charge in [0.1, 0.15) is 11.8 Å². The lowest BCUT2D eigenvalue weighted by molar-refractivity contribution is -0.141. The van der Waals surface area contributed by atoms with Crippen molar-refractivity contribution in [2.24, 2.45) is 0 Å². The second-order valence-corrected chi connectivity index (χ2v) is 8.78. The molecule has 1 N–H and O–H groups in total. The molecule has 4 amide bonds. The van der Waals surface area contributed by atoms with Gasteiger partial charge in [-0.05, 0) is 56.5 Å². The standard InChI is InChI=1S/C27H33N3O5/c1-5-18(2)28-25(32)19(3)30(17-20-10-8-11-21(16-20)35-4)24(31)14-9-15-29-26(33)22-12-6-7-13-23(22)27(29)34/h6-8,10-13,16,18-19H,5,9,14-15,17H2,1-4H3,(H,28,32)/t18-,19-/m1/s1. The number of carbonyl (C=O) groups excluding carboxylic acids is 4. The van der Waals surface area contributed by atoms with E-state index in [4.69, 9.17) is 4.74 Å².